The minimum Gasteiger partial charge on any atom is -0.419 e. The Balaban J connectivity index is 2.25. The molecule has 2 rings (SSSR count). The van der Waals surface area contributed by atoms with E-state index in [9.17, 15) is 0 Å². The third-order valence-corrected chi connectivity index (χ3v) is 1.94. The van der Waals surface area contributed by atoms with Crippen molar-refractivity contribution in [2.45, 2.75) is 6.42 Å². The van der Waals surface area contributed by atoms with Crippen molar-refractivity contribution in [3.63, 3.8) is 0 Å². The molecule has 0 fully saturated rings. The Bertz CT molecular complexity index is 511. The quantitative estimate of drug-likeness (QED) is 0.800. The largest absolute Gasteiger partial charge is 0.419 e. The molecule has 6 nitrogen and oxygen atoms in total. The van der Waals surface area contributed by atoms with Crippen LogP contribution >= 0.6 is 0 Å². The van der Waals surface area contributed by atoms with Crippen molar-refractivity contribution in [3.8, 4) is 17.7 Å². The molecular weight excluding hydrogens is 206 g/mol. The average molecular weight is 215 g/mol. The third-order valence-electron chi connectivity index (χ3n) is 1.94. The van der Waals surface area contributed by atoms with E-state index in [-0.39, 0.29) is 0 Å². The summed E-state index contributed by atoms with van der Waals surface area (Å²) in [6, 6.07) is 5.30. The van der Waals surface area contributed by atoms with Crippen molar-refractivity contribution in [2.75, 3.05) is 6.54 Å². The molecule has 0 saturated heterocycles. The van der Waals surface area contributed by atoms with Gasteiger partial charge in [-0.25, -0.2) is 4.98 Å². The Morgan fingerprint density at radius 3 is 2.88 bits per heavy atom. The van der Waals surface area contributed by atoms with Crippen LogP contribution in [0.4, 0.5) is 0 Å². The molecule has 0 aliphatic rings. The topological polar surface area (TPSA) is 102 Å². The van der Waals surface area contributed by atoms with Crippen molar-refractivity contribution in [2.24, 2.45) is 5.73 Å². The van der Waals surface area contributed by atoms with Gasteiger partial charge in [-0.3, -0.25) is 0 Å². The van der Waals surface area contributed by atoms with Gasteiger partial charge in [-0.05, 0) is 12.1 Å². The Morgan fingerprint density at radius 1 is 1.38 bits per heavy atom. The van der Waals surface area contributed by atoms with E-state index in [1.54, 1.807) is 12.1 Å². The molecule has 0 atom stereocenters. The highest BCUT2D eigenvalue weighted by Gasteiger charge is 2.08. The first-order valence-electron chi connectivity index (χ1n) is 4.72. The minimum absolute atomic E-state index is 0.341. The van der Waals surface area contributed by atoms with Gasteiger partial charge in [0.25, 0.3) is 5.89 Å². The summed E-state index contributed by atoms with van der Waals surface area (Å²) in [5.41, 5.74) is 6.41. The summed E-state index contributed by atoms with van der Waals surface area (Å²) >= 11 is 0. The van der Waals surface area contributed by atoms with Crippen LogP contribution in [0.15, 0.2) is 22.7 Å². The van der Waals surface area contributed by atoms with Gasteiger partial charge < -0.3 is 10.2 Å². The maximum absolute atomic E-state index is 8.62. The summed E-state index contributed by atoms with van der Waals surface area (Å²) in [5, 5.41) is 16.3. The Morgan fingerprint density at radius 2 is 2.25 bits per heavy atom. The second-order valence-electron chi connectivity index (χ2n) is 3.08. The average Bonchev–Trinajstić information content (AvgIpc) is 2.78. The van der Waals surface area contributed by atoms with Gasteiger partial charge >= 0.3 is 0 Å². The first-order chi connectivity index (χ1) is 7.83. The molecule has 16 heavy (non-hydrogen) atoms. The first-order valence-corrected chi connectivity index (χ1v) is 4.72. The van der Waals surface area contributed by atoms with Gasteiger partial charge in [-0.15, -0.1) is 10.2 Å². The van der Waals surface area contributed by atoms with E-state index in [4.69, 9.17) is 15.4 Å². The zero-order chi connectivity index (χ0) is 11.4. The number of pyridine rings is 1. The maximum Gasteiger partial charge on any atom is 0.266 e. The van der Waals surface area contributed by atoms with Crippen molar-refractivity contribution < 1.29 is 4.42 Å². The van der Waals surface area contributed by atoms with E-state index >= 15 is 0 Å². The van der Waals surface area contributed by atoms with E-state index in [0.717, 1.165) is 0 Å². The lowest BCUT2D eigenvalue weighted by molar-refractivity contribution is 0.505. The van der Waals surface area contributed by atoms with Crippen LogP contribution in [0.5, 0.6) is 0 Å². The van der Waals surface area contributed by atoms with Crippen LogP contribution in [0.1, 0.15) is 11.5 Å². The molecule has 0 spiro atoms. The number of rotatable bonds is 3. The molecule has 0 bridgehead atoms. The van der Waals surface area contributed by atoms with Crippen molar-refractivity contribution in [1.29, 1.82) is 5.26 Å². The smallest absolute Gasteiger partial charge is 0.266 e. The Labute approximate surface area is 91.7 Å². The summed E-state index contributed by atoms with van der Waals surface area (Å²) in [6.07, 6.45) is 2.01. The fraction of sp³-hybridized carbons (Fsp3) is 0.200. The molecule has 0 aliphatic heterocycles. The van der Waals surface area contributed by atoms with Crippen LogP contribution in [0.25, 0.3) is 11.6 Å². The van der Waals surface area contributed by atoms with Gasteiger partial charge in [0.05, 0.1) is 5.56 Å². The predicted octanol–water partition coefficient (Wildman–Crippen LogP) is 0.504. The number of aromatic nitrogens is 3. The monoisotopic (exact) mass is 215 g/mol. The van der Waals surface area contributed by atoms with E-state index < -0.39 is 0 Å². The lowest BCUT2D eigenvalue weighted by Gasteiger charge is -1.93. The third kappa shape index (κ3) is 2.04. The van der Waals surface area contributed by atoms with Crippen LogP contribution in [0, 0.1) is 11.3 Å². The maximum atomic E-state index is 8.62. The van der Waals surface area contributed by atoms with Crippen LogP contribution in [0.3, 0.4) is 0 Å². The highest BCUT2D eigenvalue weighted by atomic mass is 16.4. The number of nitriles is 1. The molecular formula is C10H9N5O. The number of hydrogen-bond donors (Lipinski definition) is 1. The zero-order valence-electron chi connectivity index (χ0n) is 8.42. The molecule has 2 aromatic rings. The predicted molar refractivity (Wildman–Crippen MR) is 55.0 cm³/mol. The van der Waals surface area contributed by atoms with Crippen LogP contribution in [-0.4, -0.2) is 21.7 Å². The molecule has 6 heteroatoms. The molecule has 0 radical (unpaired) electrons. The lowest BCUT2D eigenvalue weighted by atomic mass is 10.3. The molecule has 2 N–H and O–H groups in total. The highest BCUT2D eigenvalue weighted by molar-refractivity contribution is 5.47. The molecule has 0 aliphatic carbocycles. The summed E-state index contributed by atoms with van der Waals surface area (Å²) in [4.78, 5) is 4.04. The van der Waals surface area contributed by atoms with Gasteiger partial charge in [-0.1, -0.05) is 0 Å². The van der Waals surface area contributed by atoms with Crippen LogP contribution in [0.2, 0.25) is 0 Å². The molecule has 0 amide bonds. The molecule has 0 saturated carbocycles. The van der Waals surface area contributed by atoms with E-state index in [2.05, 4.69) is 15.2 Å². The second-order valence-corrected chi connectivity index (χ2v) is 3.08. The summed E-state index contributed by atoms with van der Waals surface area (Å²) in [5.74, 6) is 0.830. The molecule has 0 unspecified atom stereocenters. The van der Waals surface area contributed by atoms with Gasteiger partial charge in [0, 0.05) is 19.2 Å². The Hall–Kier alpha value is -2.26. The fourth-order valence-corrected chi connectivity index (χ4v) is 1.17. The summed E-state index contributed by atoms with van der Waals surface area (Å²) < 4.78 is 5.34. The van der Waals surface area contributed by atoms with E-state index in [0.29, 0.717) is 36.0 Å². The summed E-state index contributed by atoms with van der Waals surface area (Å²) in [7, 11) is 0. The number of nitrogens with two attached hydrogens (primary N) is 1. The van der Waals surface area contributed by atoms with Crippen LogP contribution in [-0.2, 0) is 6.42 Å². The van der Waals surface area contributed by atoms with Gasteiger partial charge in [0.1, 0.15) is 11.8 Å². The normalized spacial score (nSPS) is 10.0. The van der Waals surface area contributed by atoms with Crippen LogP contribution < -0.4 is 5.73 Å². The van der Waals surface area contributed by atoms with Crippen molar-refractivity contribution >= 4 is 0 Å². The highest BCUT2D eigenvalue weighted by Crippen LogP contribution is 2.15. The second kappa shape index (κ2) is 4.51. The minimum atomic E-state index is 0.341. The van der Waals surface area contributed by atoms with Crippen molar-refractivity contribution in [3.05, 3.63) is 29.8 Å². The Kier molecular flexibility index (Phi) is 2.89. The first kappa shape index (κ1) is 10.3. The van der Waals surface area contributed by atoms with Gasteiger partial charge in [0.15, 0.2) is 0 Å². The SMILES string of the molecule is N#Cc1ccc(-c2nnc(CCN)o2)nc1. The van der Waals surface area contributed by atoms with E-state index in [1.165, 1.54) is 6.20 Å². The number of hydrogen-bond acceptors (Lipinski definition) is 6. The molecule has 2 heterocycles. The van der Waals surface area contributed by atoms with Gasteiger partial charge in [0.2, 0.25) is 5.89 Å². The molecule has 80 valence electrons. The lowest BCUT2D eigenvalue weighted by Crippen LogP contribution is -2.02. The van der Waals surface area contributed by atoms with E-state index in [1.807, 2.05) is 6.07 Å². The number of nitrogens with zero attached hydrogens (tertiary/aromatic N) is 4. The van der Waals surface area contributed by atoms with Gasteiger partial charge in [-0.2, -0.15) is 5.26 Å². The van der Waals surface area contributed by atoms with Crippen molar-refractivity contribution in [1.82, 2.24) is 15.2 Å². The fourth-order valence-electron chi connectivity index (χ4n) is 1.17. The molecule has 0 aromatic carbocycles. The standard InChI is InChI=1S/C10H9N5O/c11-4-3-9-14-15-10(16-9)8-2-1-7(5-12)6-13-8/h1-2,6H,3-4,11H2. The molecule has 2 aromatic heterocycles. The zero-order valence-corrected chi connectivity index (χ0v) is 8.42. The summed E-state index contributed by atoms with van der Waals surface area (Å²) in [6.45, 7) is 0.461.